The minimum atomic E-state index is -0.0908. The molecule has 4 nitrogen and oxygen atoms in total. The van der Waals surface area contributed by atoms with Gasteiger partial charge in [-0.1, -0.05) is 53.7 Å². The van der Waals surface area contributed by atoms with Crippen molar-refractivity contribution < 1.29 is 4.79 Å². The molecule has 1 aromatic carbocycles. The second-order valence-electron chi connectivity index (χ2n) is 9.08. The van der Waals surface area contributed by atoms with Gasteiger partial charge >= 0.3 is 0 Å². The van der Waals surface area contributed by atoms with Crippen molar-refractivity contribution in [3.05, 3.63) is 41.1 Å². The van der Waals surface area contributed by atoms with Crippen LogP contribution in [0, 0.1) is 19.3 Å². The Morgan fingerprint density at radius 1 is 1.12 bits per heavy atom. The summed E-state index contributed by atoms with van der Waals surface area (Å²) in [5.74, 6) is 0.743. The molecule has 0 bridgehead atoms. The zero-order chi connectivity index (χ0) is 19.0. The summed E-state index contributed by atoms with van der Waals surface area (Å²) in [6, 6.07) is 8.14. The van der Waals surface area contributed by atoms with Crippen LogP contribution >= 0.6 is 0 Å². The fraction of sp³-hybridized carbons (Fsp3) is 0.524. The van der Waals surface area contributed by atoms with Gasteiger partial charge in [-0.05, 0) is 36.5 Å². The van der Waals surface area contributed by atoms with Crippen LogP contribution in [0.5, 0.6) is 0 Å². The number of anilines is 1. The van der Waals surface area contributed by atoms with Gasteiger partial charge in [0, 0.05) is 17.9 Å². The minimum absolute atomic E-state index is 0.0133. The number of nitrogens with zero attached hydrogens (tertiary/aromatic N) is 2. The lowest BCUT2D eigenvalue weighted by Gasteiger charge is -2.18. The van der Waals surface area contributed by atoms with Crippen molar-refractivity contribution in [2.45, 2.75) is 67.2 Å². The Morgan fingerprint density at radius 2 is 1.76 bits per heavy atom. The van der Waals surface area contributed by atoms with Crippen LogP contribution in [0.15, 0.2) is 24.3 Å². The molecular weight excluding hydrogens is 310 g/mol. The molecule has 4 heteroatoms. The summed E-state index contributed by atoms with van der Waals surface area (Å²) in [7, 11) is 0. The van der Waals surface area contributed by atoms with Crippen molar-refractivity contribution in [1.29, 1.82) is 0 Å². The highest BCUT2D eigenvalue weighted by atomic mass is 16.1. The quantitative estimate of drug-likeness (QED) is 0.838. The van der Waals surface area contributed by atoms with Crippen molar-refractivity contribution >= 4 is 11.7 Å². The van der Waals surface area contributed by atoms with Gasteiger partial charge in [0.15, 0.2) is 0 Å². The molecule has 1 heterocycles. The largest absolute Gasteiger partial charge is 0.311 e. The lowest BCUT2D eigenvalue weighted by molar-refractivity contribution is -0.117. The summed E-state index contributed by atoms with van der Waals surface area (Å²) < 4.78 is 1.86. The summed E-state index contributed by atoms with van der Waals surface area (Å²) in [6.45, 7) is 16.8. The maximum atomic E-state index is 12.5. The van der Waals surface area contributed by atoms with Crippen molar-refractivity contribution in [1.82, 2.24) is 9.78 Å². The van der Waals surface area contributed by atoms with E-state index in [1.54, 1.807) is 0 Å². The molecular formula is C21H31N3O. The molecule has 1 aromatic heterocycles. The van der Waals surface area contributed by atoms with Crippen molar-refractivity contribution in [3.8, 4) is 5.69 Å². The van der Waals surface area contributed by atoms with E-state index in [1.165, 1.54) is 5.56 Å². The SMILES string of the molecule is Cc1cccc(-n2nc(C(C)(C)C)cc2NC(=O)CC(C)(C)C)c1C. The van der Waals surface area contributed by atoms with E-state index in [0.29, 0.717) is 6.42 Å². The third-order valence-corrected chi connectivity index (χ3v) is 4.24. The fourth-order valence-electron chi connectivity index (χ4n) is 2.65. The van der Waals surface area contributed by atoms with Crippen LogP contribution in [-0.2, 0) is 10.2 Å². The molecule has 1 N–H and O–H groups in total. The molecule has 0 spiro atoms. The normalized spacial score (nSPS) is 12.3. The fourth-order valence-corrected chi connectivity index (χ4v) is 2.65. The average molecular weight is 341 g/mol. The van der Waals surface area contributed by atoms with Crippen LogP contribution in [0.1, 0.15) is 64.8 Å². The van der Waals surface area contributed by atoms with Gasteiger partial charge in [-0.2, -0.15) is 5.10 Å². The van der Waals surface area contributed by atoms with Gasteiger partial charge in [0.2, 0.25) is 5.91 Å². The second kappa shape index (κ2) is 6.66. The zero-order valence-electron chi connectivity index (χ0n) is 16.8. The Kier molecular flexibility index (Phi) is 5.12. The van der Waals surface area contributed by atoms with Gasteiger partial charge in [0.1, 0.15) is 5.82 Å². The summed E-state index contributed by atoms with van der Waals surface area (Å²) in [4.78, 5) is 12.5. The van der Waals surface area contributed by atoms with Gasteiger partial charge in [-0.25, -0.2) is 4.68 Å². The van der Waals surface area contributed by atoms with E-state index in [4.69, 9.17) is 5.10 Å². The second-order valence-corrected chi connectivity index (χ2v) is 9.08. The molecule has 0 aliphatic rings. The number of carbonyl (C=O) groups is 1. The van der Waals surface area contributed by atoms with Gasteiger partial charge < -0.3 is 5.32 Å². The molecule has 0 aliphatic heterocycles. The molecule has 2 aromatic rings. The van der Waals surface area contributed by atoms with E-state index in [0.717, 1.165) is 22.8 Å². The lowest BCUT2D eigenvalue weighted by Crippen LogP contribution is -2.21. The molecule has 0 saturated carbocycles. The van der Waals surface area contributed by atoms with Crippen molar-refractivity contribution in [2.24, 2.45) is 5.41 Å². The number of aryl methyl sites for hydroxylation is 1. The van der Waals surface area contributed by atoms with Crippen LogP contribution in [0.25, 0.3) is 5.69 Å². The number of aromatic nitrogens is 2. The Hall–Kier alpha value is -2.10. The maximum absolute atomic E-state index is 12.5. The molecule has 0 saturated heterocycles. The highest BCUT2D eigenvalue weighted by molar-refractivity contribution is 5.90. The van der Waals surface area contributed by atoms with Gasteiger partial charge in [-0.3, -0.25) is 4.79 Å². The van der Waals surface area contributed by atoms with Gasteiger partial charge in [0.05, 0.1) is 11.4 Å². The third kappa shape index (κ3) is 4.71. The topological polar surface area (TPSA) is 46.9 Å². The average Bonchev–Trinajstić information content (AvgIpc) is 2.83. The van der Waals surface area contributed by atoms with Gasteiger partial charge in [-0.15, -0.1) is 0 Å². The van der Waals surface area contributed by atoms with E-state index in [9.17, 15) is 4.79 Å². The molecule has 2 rings (SSSR count). The first-order valence-electron chi connectivity index (χ1n) is 8.85. The first-order valence-corrected chi connectivity index (χ1v) is 8.85. The van der Waals surface area contributed by atoms with E-state index >= 15 is 0 Å². The number of amides is 1. The number of rotatable bonds is 3. The number of benzene rings is 1. The zero-order valence-corrected chi connectivity index (χ0v) is 16.8. The number of hydrogen-bond acceptors (Lipinski definition) is 2. The van der Waals surface area contributed by atoms with Crippen LogP contribution in [0.3, 0.4) is 0 Å². The first kappa shape index (κ1) is 19.2. The molecule has 25 heavy (non-hydrogen) atoms. The Morgan fingerprint density at radius 3 is 2.32 bits per heavy atom. The summed E-state index contributed by atoms with van der Waals surface area (Å²) in [5, 5.41) is 7.87. The Balaban J connectivity index is 2.49. The van der Waals surface area contributed by atoms with Crippen LogP contribution in [-0.4, -0.2) is 15.7 Å². The summed E-state index contributed by atoms with van der Waals surface area (Å²) in [5.41, 5.74) is 4.18. The molecule has 0 fully saturated rings. The highest BCUT2D eigenvalue weighted by Crippen LogP contribution is 2.29. The summed E-state index contributed by atoms with van der Waals surface area (Å²) >= 11 is 0. The van der Waals surface area contributed by atoms with Crippen LogP contribution in [0.2, 0.25) is 0 Å². The molecule has 0 unspecified atom stereocenters. The minimum Gasteiger partial charge on any atom is -0.311 e. The predicted octanol–water partition coefficient (Wildman–Crippen LogP) is 5.16. The monoisotopic (exact) mass is 341 g/mol. The first-order chi connectivity index (χ1) is 11.4. The molecule has 0 atom stereocenters. The van der Waals surface area contributed by atoms with E-state index < -0.39 is 0 Å². The van der Waals surface area contributed by atoms with E-state index in [2.05, 4.69) is 66.8 Å². The molecule has 0 radical (unpaired) electrons. The Bertz CT molecular complexity index is 773. The molecule has 1 amide bonds. The maximum Gasteiger partial charge on any atom is 0.226 e. The summed E-state index contributed by atoms with van der Waals surface area (Å²) in [6.07, 6.45) is 0.468. The standard InChI is InChI=1S/C21H31N3O/c1-14-10-9-11-16(15(14)2)24-18(12-17(23-24)21(6,7)8)22-19(25)13-20(3,4)5/h9-12H,13H2,1-8H3,(H,22,25). The van der Waals surface area contributed by atoms with Gasteiger partial charge in [0.25, 0.3) is 0 Å². The van der Waals surface area contributed by atoms with Crippen molar-refractivity contribution in [3.63, 3.8) is 0 Å². The number of hydrogen-bond donors (Lipinski definition) is 1. The number of nitrogens with one attached hydrogen (secondary N) is 1. The van der Waals surface area contributed by atoms with Crippen LogP contribution in [0.4, 0.5) is 5.82 Å². The van der Waals surface area contributed by atoms with E-state index in [1.807, 2.05) is 22.9 Å². The predicted molar refractivity (Wildman–Crippen MR) is 104 cm³/mol. The lowest BCUT2D eigenvalue weighted by atomic mass is 9.91. The van der Waals surface area contributed by atoms with Crippen molar-refractivity contribution in [2.75, 3.05) is 5.32 Å². The van der Waals surface area contributed by atoms with E-state index in [-0.39, 0.29) is 16.7 Å². The number of carbonyl (C=O) groups excluding carboxylic acids is 1. The smallest absolute Gasteiger partial charge is 0.226 e. The Labute approximate surface area is 151 Å². The van der Waals surface area contributed by atoms with Crippen LogP contribution < -0.4 is 5.32 Å². The molecule has 0 aliphatic carbocycles. The third-order valence-electron chi connectivity index (χ3n) is 4.24. The molecule has 136 valence electrons. The highest BCUT2D eigenvalue weighted by Gasteiger charge is 2.23.